The van der Waals surface area contributed by atoms with E-state index in [1.54, 1.807) is 13.8 Å². The van der Waals surface area contributed by atoms with Crippen molar-refractivity contribution in [2.75, 3.05) is 0 Å². The molecule has 2 aromatic carbocycles. The molecule has 0 fully saturated rings. The van der Waals surface area contributed by atoms with Gasteiger partial charge in [-0.25, -0.2) is 0 Å². The van der Waals surface area contributed by atoms with Crippen LogP contribution in [0.25, 0.3) is 0 Å². The molecule has 0 spiro atoms. The monoisotopic (exact) mass is 327 g/mol. The highest BCUT2D eigenvalue weighted by atomic mass is 16.5. The number of ether oxygens (including phenoxy) is 1. The Bertz CT molecular complexity index is 615. The van der Waals surface area contributed by atoms with Crippen LogP contribution >= 0.6 is 0 Å². The van der Waals surface area contributed by atoms with Gasteiger partial charge >= 0.3 is 0 Å². The van der Waals surface area contributed by atoms with E-state index in [9.17, 15) is 9.90 Å². The van der Waals surface area contributed by atoms with Gasteiger partial charge in [0.1, 0.15) is 6.10 Å². The zero-order chi connectivity index (χ0) is 17.4. The molecule has 2 aromatic rings. The van der Waals surface area contributed by atoms with Crippen LogP contribution in [-0.2, 0) is 22.6 Å². The van der Waals surface area contributed by atoms with Crippen LogP contribution < -0.4 is 5.32 Å². The lowest BCUT2D eigenvalue weighted by molar-refractivity contribution is -0.133. The lowest BCUT2D eigenvalue weighted by Crippen LogP contribution is -2.46. The second kappa shape index (κ2) is 9.21. The summed E-state index contributed by atoms with van der Waals surface area (Å²) in [6.07, 6.45) is -0.712. The van der Waals surface area contributed by atoms with E-state index in [-0.39, 0.29) is 11.9 Å². The van der Waals surface area contributed by atoms with Gasteiger partial charge in [0.15, 0.2) is 0 Å². The molecule has 4 nitrogen and oxygen atoms in total. The third kappa shape index (κ3) is 5.80. The molecule has 3 atom stereocenters. The Morgan fingerprint density at radius 3 is 2.12 bits per heavy atom. The van der Waals surface area contributed by atoms with Gasteiger partial charge in [0.2, 0.25) is 5.91 Å². The third-order valence-electron chi connectivity index (χ3n) is 3.95. The van der Waals surface area contributed by atoms with Gasteiger partial charge in [-0.15, -0.1) is 0 Å². The first-order chi connectivity index (χ1) is 11.6. The average molecular weight is 327 g/mol. The molecule has 0 radical (unpaired) electrons. The first-order valence-corrected chi connectivity index (χ1v) is 8.24. The minimum atomic E-state index is -0.641. The Balaban J connectivity index is 1.77. The smallest absolute Gasteiger partial charge is 0.249 e. The lowest BCUT2D eigenvalue weighted by Gasteiger charge is -2.22. The second-order valence-corrected chi connectivity index (χ2v) is 5.99. The summed E-state index contributed by atoms with van der Waals surface area (Å²) in [6.45, 7) is 3.90. The maximum atomic E-state index is 12.2. The van der Waals surface area contributed by atoms with Gasteiger partial charge in [-0.3, -0.25) is 4.79 Å². The summed E-state index contributed by atoms with van der Waals surface area (Å²) in [6, 6.07) is 19.1. The highest BCUT2D eigenvalue weighted by Gasteiger charge is 2.20. The van der Waals surface area contributed by atoms with E-state index < -0.39 is 12.2 Å². The molecule has 0 saturated heterocycles. The van der Waals surface area contributed by atoms with E-state index in [1.807, 2.05) is 60.7 Å². The number of hydrogen-bond acceptors (Lipinski definition) is 3. The molecule has 2 N–H and O–H groups in total. The van der Waals surface area contributed by atoms with Crippen LogP contribution in [0.5, 0.6) is 0 Å². The first-order valence-electron chi connectivity index (χ1n) is 8.24. The molecule has 1 amide bonds. The summed E-state index contributed by atoms with van der Waals surface area (Å²) in [5.74, 6) is -0.217. The number of carbonyl (C=O) groups excluding carboxylic acids is 1. The number of aliphatic hydroxyl groups is 1. The fourth-order valence-corrected chi connectivity index (χ4v) is 2.34. The highest BCUT2D eigenvalue weighted by molar-refractivity contribution is 5.80. The minimum absolute atomic E-state index is 0.217. The van der Waals surface area contributed by atoms with Crippen molar-refractivity contribution in [3.05, 3.63) is 71.8 Å². The number of amides is 1. The van der Waals surface area contributed by atoms with Crippen LogP contribution in [0.2, 0.25) is 0 Å². The van der Waals surface area contributed by atoms with E-state index in [1.165, 1.54) is 0 Å². The molecule has 0 aromatic heterocycles. The van der Waals surface area contributed by atoms with Crippen molar-refractivity contribution in [3.63, 3.8) is 0 Å². The zero-order valence-electron chi connectivity index (χ0n) is 14.2. The van der Waals surface area contributed by atoms with Crippen molar-refractivity contribution in [2.24, 2.45) is 0 Å². The molecule has 3 unspecified atom stereocenters. The Kier molecular flexibility index (Phi) is 6.97. The van der Waals surface area contributed by atoms with Gasteiger partial charge in [-0.05, 0) is 25.0 Å². The number of aliphatic hydroxyl groups excluding tert-OH is 1. The topological polar surface area (TPSA) is 58.6 Å². The summed E-state index contributed by atoms with van der Waals surface area (Å²) >= 11 is 0. The Morgan fingerprint density at radius 1 is 1.00 bits per heavy atom. The normalized spacial score (nSPS) is 14.6. The highest BCUT2D eigenvalue weighted by Crippen LogP contribution is 2.07. The molecule has 2 rings (SSSR count). The molecular formula is C20H25NO3. The van der Waals surface area contributed by atoms with E-state index >= 15 is 0 Å². The molecule has 0 aliphatic carbocycles. The summed E-state index contributed by atoms with van der Waals surface area (Å²) in [5, 5.41) is 13.1. The van der Waals surface area contributed by atoms with Crippen molar-refractivity contribution < 1.29 is 14.6 Å². The van der Waals surface area contributed by atoms with Crippen LogP contribution in [0.1, 0.15) is 25.0 Å². The average Bonchev–Trinajstić information content (AvgIpc) is 2.61. The molecule has 0 aliphatic rings. The van der Waals surface area contributed by atoms with Crippen LogP contribution in [0.15, 0.2) is 60.7 Å². The summed E-state index contributed by atoms with van der Waals surface area (Å²) in [7, 11) is 0. The second-order valence-electron chi connectivity index (χ2n) is 5.99. The predicted octanol–water partition coefficient (Wildman–Crippen LogP) is 2.70. The molecule has 0 aliphatic heterocycles. The zero-order valence-corrected chi connectivity index (χ0v) is 14.2. The van der Waals surface area contributed by atoms with Crippen LogP contribution in [-0.4, -0.2) is 29.3 Å². The molecule has 24 heavy (non-hydrogen) atoms. The Labute approximate surface area is 143 Å². The van der Waals surface area contributed by atoms with Gasteiger partial charge in [0, 0.05) is 6.42 Å². The summed E-state index contributed by atoms with van der Waals surface area (Å²) in [5.41, 5.74) is 2.06. The number of carbonyl (C=O) groups is 1. The maximum Gasteiger partial charge on any atom is 0.249 e. The van der Waals surface area contributed by atoms with Crippen molar-refractivity contribution in [2.45, 2.75) is 45.1 Å². The SMILES string of the molecule is CC(OCc1ccccc1)C(=O)NC(C)C(O)Cc1ccccc1. The third-order valence-corrected chi connectivity index (χ3v) is 3.95. The maximum absolute atomic E-state index is 12.2. The van der Waals surface area contributed by atoms with E-state index in [4.69, 9.17) is 4.74 Å². The van der Waals surface area contributed by atoms with Crippen molar-refractivity contribution in [1.82, 2.24) is 5.32 Å². The summed E-state index contributed by atoms with van der Waals surface area (Å²) < 4.78 is 5.60. The van der Waals surface area contributed by atoms with E-state index in [2.05, 4.69) is 5.32 Å². The van der Waals surface area contributed by atoms with Crippen molar-refractivity contribution >= 4 is 5.91 Å². The fraction of sp³-hybridized carbons (Fsp3) is 0.350. The molecule has 128 valence electrons. The van der Waals surface area contributed by atoms with Crippen molar-refractivity contribution in [3.8, 4) is 0 Å². The van der Waals surface area contributed by atoms with E-state index in [0.717, 1.165) is 11.1 Å². The van der Waals surface area contributed by atoms with Gasteiger partial charge < -0.3 is 15.2 Å². The lowest BCUT2D eigenvalue weighted by atomic mass is 10.0. The van der Waals surface area contributed by atoms with E-state index in [0.29, 0.717) is 13.0 Å². The number of rotatable bonds is 8. The standard InChI is InChI=1S/C20H25NO3/c1-15(19(22)13-17-9-5-3-6-10-17)21-20(23)16(2)24-14-18-11-7-4-8-12-18/h3-12,15-16,19,22H,13-14H2,1-2H3,(H,21,23). The molecule has 0 bridgehead atoms. The minimum Gasteiger partial charge on any atom is -0.391 e. The van der Waals surface area contributed by atoms with Crippen LogP contribution in [0.4, 0.5) is 0 Å². The molecular weight excluding hydrogens is 302 g/mol. The van der Waals surface area contributed by atoms with Gasteiger partial charge in [0.25, 0.3) is 0 Å². The van der Waals surface area contributed by atoms with Crippen molar-refractivity contribution in [1.29, 1.82) is 0 Å². The number of nitrogens with one attached hydrogen (secondary N) is 1. The molecule has 0 saturated carbocycles. The fourth-order valence-electron chi connectivity index (χ4n) is 2.34. The Hall–Kier alpha value is -2.17. The summed E-state index contributed by atoms with van der Waals surface area (Å²) in [4.78, 5) is 12.2. The van der Waals surface area contributed by atoms with Crippen LogP contribution in [0, 0.1) is 0 Å². The first kappa shape index (κ1) is 18.2. The van der Waals surface area contributed by atoms with Gasteiger partial charge in [-0.2, -0.15) is 0 Å². The number of benzene rings is 2. The van der Waals surface area contributed by atoms with Crippen LogP contribution in [0.3, 0.4) is 0 Å². The van der Waals surface area contributed by atoms with Gasteiger partial charge in [0.05, 0.1) is 18.8 Å². The molecule has 4 heteroatoms. The predicted molar refractivity (Wildman–Crippen MR) is 94.5 cm³/mol. The number of hydrogen-bond donors (Lipinski definition) is 2. The Morgan fingerprint density at radius 2 is 1.54 bits per heavy atom. The quantitative estimate of drug-likeness (QED) is 0.784. The largest absolute Gasteiger partial charge is 0.391 e. The molecule has 0 heterocycles. The van der Waals surface area contributed by atoms with Gasteiger partial charge in [-0.1, -0.05) is 60.7 Å².